The number of carbonyl (C=O) groups is 1. The fraction of sp³-hybridized carbons (Fsp3) is 0.250. The molecule has 1 aromatic heterocycles. The van der Waals surface area contributed by atoms with Gasteiger partial charge in [-0.2, -0.15) is 4.98 Å². The van der Waals surface area contributed by atoms with Crippen molar-refractivity contribution >= 4 is 11.7 Å². The van der Waals surface area contributed by atoms with Crippen LogP contribution in [0.1, 0.15) is 20.3 Å². The van der Waals surface area contributed by atoms with Gasteiger partial charge in [-0.15, -0.1) is 0 Å². The molecule has 144 valence electrons. The Hall–Kier alpha value is -3.55. The van der Waals surface area contributed by atoms with Crippen molar-refractivity contribution in [3.05, 3.63) is 42.5 Å². The van der Waals surface area contributed by atoms with E-state index >= 15 is 0 Å². The van der Waals surface area contributed by atoms with Gasteiger partial charge in [0.15, 0.2) is 11.5 Å². The SMILES string of the molecule is CC[C@@H](C)NC(=O)Nc1ccc(-c2noc(-c3ccc4c(c3)OCO4)n2)cc1. The molecule has 2 aromatic carbocycles. The number of carbonyl (C=O) groups excluding carboxylic acids is 1. The molecule has 0 spiro atoms. The Bertz CT molecular complexity index is 984. The molecule has 28 heavy (non-hydrogen) atoms. The minimum Gasteiger partial charge on any atom is -0.454 e. The van der Waals surface area contributed by atoms with Crippen molar-refractivity contribution in [2.45, 2.75) is 26.3 Å². The van der Waals surface area contributed by atoms with Gasteiger partial charge in [-0.05, 0) is 55.8 Å². The molecule has 1 aliphatic rings. The number of urea groups is 1. The summed E-state index contributed by atoms with van der Waals surface area (Å²) in [6.07, 6.45) is 0.871. The minimum atomic E-state index is -0.230. The van der Waals surface area contributed by atoms with Crippen LogP contribution in [0, 0.1) is 0 Å². The predicted octanol–water partition coefficient (Wildman–Crippen LogP) is 4.05. The Morgan fingerprint density at radius 3 is 2.64 bits per heavy atom. The number of anilines is 1. The number of fused-ring (bicyclic) bond motifs is 1. The van der Waals surface area contributed by atoms with Gasteiger partial charge >= 0.3 is 6.03 Å². The van der Waals surface area contributed by atoms with Crippen LogP contribution in [0.25, 0.3) is 22.8 Å². The lowest BCUT2D eigenvalue weighted by Gasteiger charge is -2.12. The smallest absolute Gasteiger partial charge is 0.319 e. The molecular formula is C20H20N4O4. The number of nitrogens with zero attached hydrogens (tertiary/aromatic N) is 2. The molecule has 2 amide bonds. The van der Waals surface area contributed by atoms with E-state index in [-0.39, 0.29) is 18.9 Å². The number of aromatic nitrogens is 2. The third kappa shape index (κ3) is 3.75. The summed E-state index contributed by atoms with van der Waals surface area (Å²) in [5, 5.41) is 9.69. The Balaban J connectivity index is 1.46. The highest BCUT2D eigenvalue weighted by atomic mass is 16.7. The lowest BCUT2D eigenvalue weighted by atomic mass is 10.2. The van der Waals surface area contributed by atoms with E-state index in [1.54, 1.807) is 12.1 Å². The standard InChI is InChI=1S/C20H20N4O4/c1-3-12(2)21-20(25)22-15-7-4-13(5-8-15)18-23-19(28-24-18)14-6-9-16-17(10-14)27-11-26-16/h4-10,12H,3,11H2,1-2H3,(H2,21,22,25)/t12-/m1/s1. The molecule has 1 aliphatic heterocycles. The molecule has 8 heteroatoms. The maximum Gasteiger partial charge on any atom is 0.319 e. The van der Waals surface area contributed by atoms with Crippen LogP contribution in [-0.4, -0.2) is 29.0 Å². The maximum atomic E-state index is 11.9. The first-order valence-electron chi connectivity index (χ1n) is 9.04. The third-order valence-electron chi connectivity index (χ3n) is 4.44. The molecule has 0 saturated heterocycles. The molecule has 0 radical (unpaired) electrons. The molecule has 3 aromatic rings. The van der Waals surface area contributed by atoms with Crippen LogP contribution >= 0.6 is 0 Å². The predicted molar refractivity (Wildman–Crippen MR) is 103 cm³/mol. The van der Waals surface area contributed by atoms with Gasteiger partial charge in [0, 0.05) is 22.9 Å². The highest BCUT2D eigenvalue weighted by molar-refractivity contribution is 5.89. The van der Waals surface area contributed by atoms with Crippen molar-refractivity contribution < 1.29 is 18.8 Å². The average molecular weight is 380 g/mol. The normalized spacial score (nSPS) is 13.2. The molecule has 8 nitrogen and oxygen atoms in total. The summed E-state index contributed by atoms with van der Waals surface area (Å²) < 4.78 is 16.1. The molecule has 4 rings (SSSR count). The zero-order valence-corrected chi connectivity index (χ0v) is 15.6. The topological polar surface area (TPSA) is 98.5 Å². The molecule has 2 N–H and O–H groups in total. The minimum absolute atomic E-state index is 0.119. The molecule has 0 aliphatic carbocycles. The molecule has 1 atom stereocenters. The highest BCUT2D eigenvalue weighted by Crippen LogP contribution is 2.35. The second kappa shape index (κ2) is 7.59. The number of rotatable bonds is 5. The lowest BCUT2D eigenvalue weighted by molar-refractivity contribution is 0.174. The highest BCUT2D eigenvalue weighted by Gasteiger charge is 2.17. The van der Waals surface area contributed by atoms with Crippen LogP contribution in [0.3, 0.4) is 0 Å². The van der Waals surface area contributed by atoms with Gasteiger partial charge in [0.1, 0.15) is 0 Å². The Labute approximate surface area is 161 Å². The Kier molecular flexibility index (Phi) is 4.84. The van der Waals surface area contributed by atoms with E-state index in [1.807, 2.05) is 44.2 Å². The molecule has 2 heterocycles. The number of hydrogen-bond donors (Lipinski definition) is 2. The van der Waals surface area contributed by atoms with E-state index in [9.17, 15) is 4.79 Å². The van der Waals surface area contributed by atoms with Crippen LogP contribution in [0.2, 0.25) is 0 Å². The molecule has 0 saturated carbocycles. The van der Waals surface area contributed by atoms with Crippen LogP contribution in [0.4, 0.5) is 10.5 Å². The number of ether oxygens (including phenoxy) is 2. The summed E-state index contributed by atoms with van der Waals surface area (Å²) >= 11 is 0. The van der Waals surface area contributed by atoms with Crippen LogP contribution in [-0.2, 0) is 0 Å². The number of amides is 2. The molecule has 0 fully saturated rings. The van der Waals surface area contributed by atoms with Crippen LogP contribution in [0.5, 0.6) is 11.5 Å². The first kappa shape index (κ1) is 17.8. The monoisotopic (exact) mass is 380 g/mol. The van der Waals surface area contributed by atoms with Crippen molar-refractivity contribution in [1.82, 2.24) is 15.5 Å². The average Bonchev–Trinajstić information content (AvgIpc) is 3.37. The maximum absolute atomic E-state index is 11.9. The van der Waals surface area contributed by atoms with Gasteiger partial charge in [-0.1, -0.05) is 12.1 Å². The van der Waals surface area contributed by atoms with E-state index in [0.717, 1.165) is 17.5 Å². The fourth-order valence-corrected chi connectivity index (χ4v) is 2.68. The number of nitrogens with one attached hydrogen (secondary N) is 2. The number of hydrogen-bond acceptors (Lipinski definition) is 6. The largest absolute Gasteiger partial charge is 0.454 e. The molecule has 0 unspecified atom stereocenters. The molecular weight excluding hydrogens is 360 g/mol. The fourth-order valence-electron chi connectivity index (χ4n) is 2.68. The Morgan fingerprint density at radius 1 is 1.11 bits per heavy atom. The van der Waals surface area contributed by atoms with E-state index in [4.69, 9.17) is 14.0 Å². The summed E-state index contributed by atoms with van der Waals surface area (Å²) in [6, 6.07) is 12.6. The van der Waals surface area contributed by atoms with Gasteiger partial charge in [-0.25, -0.2) is 4.79 Å². The van der Waals surface area contributed by atoms with E-state index in [0.29, 0.717) is 28.9 Å². The van der Waals surface area contributed by atoms with Gasteiger partial charge in [0.05, 0.1) is 0 Å². The summed E-state index contributed by atoms with van der Waals surface area (Å²) in [6.45, 7) is 4.18. The zero-order chi connectivity index (χ0) is 19.5. The zero-order valence-electron chi connectivity index (χ0n) is 15.6. The van der Waals surface area contributed by atoms with Gasteiger partial charge in [0.25, 0.3) is 5.89 Å². The third-order valence-corrected chi connectivity index (χ3v) is 4.44. The first-order chi connectivity index (χ1) is 13.6. The van der Waals surface area contributed by atoms with Crippen molar-refractivity contribution in [2.75, 3.05) is 12.1 Å². The number of benzene rings is 2. The van der Waals surface area contributed by atoms with Crippen LogP contribution < -0.4 is 20.1 Å². The van der Waals surface area contributed by atoms with Crippen molar-refractivity contribution in [1.29, 1.82) is 0 Å². The van der Waals surface area contributed by atoms with Gasteiger partial charge < -0.3 is 24.6 Å². The van der Waals surface area contributed by atoms with Crippen molar-refractivity contribution in [3.63, 3.8) is 0 Å². The summed E-state index contributed by atoms with van der Waals surface area (Å²) in [7, 11) is 0. The first-order valence-corrected chi connectivity index (χ1v) is 9.04. The molecule has 0 bridgehead atoms. The summed E-state index contributed by atoms with van der Waals surface area (Å²) in [4.78, 5) is 16.3. The van der Waals surface area contributed by atoms with Gasteiger partial charge in [-0.3, -0.25) is 0 Å². The van der Waals surface area contributed by atoms with Gasteiger partial charge in [0.2, 0.25) is 12.6 Å². The lowest BCUT2D eigenvalue weighted by Crippen LogP contribution is -2.35. The van der Waals surface area contributed by atoms with E-state index in [1.165, 1.54) is 0 Å². The van der Waals surface area contributed by atoms with E-state index in [2.05, 4.69) is 20.8 Å². The van der Waals surface area contributed by atoms with E-state index < -0.39 is 0 Å². The quantitative estimate of drug-likeness (QED) is 0.693. The second-order valence-electron chi connectivity index (χ2n) is 6.48. The Morgan fingerprint density at radius 2 is 1.86 bits per heavy atom. The second-order valence-corrected chi connectivity index (χ2v) is 6.48. The van der Waals surface area contributed by atoms with Crippen molar-refractivity contribution in [2.24, 2.45) is 0 Å². The van der Waals surface area contributed by atoms with Crippen molar-refractivity contribution in [3.8, 4) is 34.3 Å². The summed E-state index contributed by atoms with van der Waals surface area (Å²) in [5.41, 5.74) is 2.22. The van der Waals surface area contributed by atoms with Crippen LogP contribution in [0.15, 0.2) is 47.0 Å². The summed E-state index contributed by atoms with van der Waals surface area (Å²) in [5.74, 6) is 2.21.